The number of hydrogen-bond donors (Lipinski definition) is 1. The van der Waals surface area contributed by atoms with Crippen LogP contribution in [0.25, 0.3) is 10.2 Å². The minimum absolute atomic E-state index is 0.451. The second-order valence-electron chi connectivity index (χ2n) is 4.39. The van der Waals surface area contributed by atoms with E-state index in [1.54, 1.807) is 18.4 Å². The van der Waals surface area contributed by atoms with Crippen LogP contribution in [0.4, 0.5) is 0 Å². The van der Waals surface area contributed by atoms with Crippen molar-refractivity contribution in [2.45, 2.75) is 25.3 Å². The Hall–Kier alpha value is -1.13. The van der Waals surface area contributed by atoms with Crippen LogP contribution in [0.5, 0.6) is 5.75 Å². The fourth-order valence-corrected chi connectivity index (χ4v) is 3.32. The lowest BCUT2D eigenvalue weighted by Crippen LogP contribution is -2.26. The summed E-state index contributed by atoms with van der Waals surface area (Å²) in [6.45, 7) is 1.11. The normalized spacial score (nSPS) is 20.6. The summed E-state index contributed by atoms with van der Waals surface area (Å²) in [5, 5.41) is 4.76. The second kappa shape index (κ2) is 4.63. The van der Waals surface area contributed by atoms with Gasteiger partial charge in [0.1, 0.15) is 10.8 Å². The Balaban J connectivity index is 1.95. The summed E-state index contributed by atoms with van der Waals surface area (Å²) in [6, 6.07) is 6.56. The molecule has 4 heteroatoms. The molecule has 0 spiro atoms. The van der Waals surface area contributed by atoms with Gasteiger partial charge in [0.15, 0.2) is 0 Å². The molecular formula is C13H16N2OS. The molecule has 0 saturated carbocycles. The third-order valence-corrected chi connectivity index (χ3v) is 4.37. The average molecular weight is 248 g/mol. The molecule has 1 aliphatic heterocycles. The van der Waals surface area contributed by atoms with Crippen LogP contribution in [0, 0.1) is 0 Å². The van der Waals surface area contributed by atoms with Crippen molar-refractivity contribution in [3.63, 3.8) is 0 Å². The van der Waals surface area contributed by atoms with E-state index in [1.165, 1.54) is 29.0 Å². The minimum atomic E-state index is 0.451. The number of nitrogens with one attached hydrogen (secondary N) is 1. The van der Waals surface area contributed by atoms with Gasteiger partial charge in [-0.1, -0.05) is 6.42 Å². The van der Waals surface area contributed by atoms with Crippen molar-refractivity contribution in [3.05, 3.63) is 23.2 Å². The van der Waals surface area contributed by atoms with Gasteiger partial charge < -0.3 is 10.1 Å². The first-order valence-corrected chi connectivity index (χ1v) is 6.86. The molecule has 1 atom stereocenters. The molecule has 1 aromatic heterocycles. The Kier molecular flexibility index (Phi) is 2.99. The van der Waals surface area contributed by atoms with Gasteiger partial charge in [-0.25, -0.2) is 4.98 Å². The van der Waals surface area contributed by atoms with Crippen molar-refractivity contribution in [1.82, 2.24) is 10.3 Å². The second-order valence-corrected chi connectivity index (χ2v) is 5.45. The number of rotatable bonds is 2. The van der Waals surface area contributed by atoms with Gasteiger partial charge in [-0.2, -0.15) is 0 Å². The monoisotopic (exact) mass is 248 g/mol. The van der Waals surface area contributed by atoms with Crippen molar-refractivity contribution in [1.29, 1.82) is 0 Å². The molecule has 3 nitrogen and oxygen atoms in total. The maximum Gasteiger partial charge on any atom is 0.121 e. The van der Waals surface area contributed by atoms with Gasteiger partial charge in [-0.15, -0.1) is 11.3 Å². The van der Waals surface area contributed by atoms with Crippen LogP contribution >= 0.6 is 11.3 Å². The molecule has 1 saturated heterocycles. The lowest BCUT2D eigenvalue weighted by atomic mass is 10.1. The third-order valence-electron chi connectivity index (χ3n) is 3.22. The Morgan fingerprint density at radius 3 is 3.12 bits per heavy atom. The molecule has 2 aromatic rings. The SMILES string of the molecule is COc1ccc2sc(C3CCCCN3)nc2c1. The molecule has 0 bridgehead atoms. The zero-order valence-corrected chi connectivity index (χ0v) is 10.7. The fourth-order valence-electron chi connectivity index (χ4n) is 2.26. The van der Waals surface area contributed by atoms with Gasteiger partial charge in [-0.05, 0) is 31.5 Å². The number of fused-ring (bicyclic) bond motifs is 1. The van der Waals surface area contributed by atoms with Crippen LogP contribution in [0.15, 0.2) is 18.2 Å². The number of methoxy groups -OCH3 is 1. The molecule has 1 unspecified atom stereocenters. The van der Waals surface area contributed by atoms with Crippen molar-refractivity contribution in [3.8, 4) is 5.75 Å². The van der Waals surface area contributed by atoms with Crippen LogP contribution < -0.4 is 10.1 Å². The Labute approximate surface area is 105 Å². The molecule has 0 radical (unpaired) electrons. The topological polar surface area (TPSA) is 34.1 Å². The fraction of sp³-hybridized carbons (Fsp3) is 0.462. The molecule has 17 heavy (non-hydrogen) atoms. The van der Waals surface area contributed by atoms with Crippen molar-refractivity contribution in [2.75, 3.05) is 13.7 Å². The number of hydrogen-bond acceptors (Lipinski definition) is 4. The van der Waals surface area contributed by atoms with E-state index in [-0.39, 0.29) is 0 Å². The summed E-state index contributed by atoms with van der Waals surface area (Å²) in [7, 11) is 1.69. The van der Waals surface area contributed by atoms with Gasteiger partial charge in [0, 0.05) is 6.07 Å². The van der Waals surface area contributed by atoms with Crippen molar-refractivity contribution in [2.24, 2.45) is 0 Å². The largest absolute Gasteiger partial charge is 0.497 e. The van der Waals surface area contributed by atoms with Crippen molar-refractivity contribution >= 4 is 21.6 Å². The molecule has 1 aromatic carbocycles. The zero-order valence-electron chi connectivity index (χ0n) is 9.90. The van der Waals surface area contributed by atoms with Crippen LogP contribution in [-0.2, 0) is 0 Å². The molecule has 1 N–H and O–H groups in total. The van der Waals surface area contributed by atoms with E-state index in [9.17, 15) is 0 Å². The lowest BCUT2D eigenvalue weighted by Gasteiger charge is -2.20. The molecule has 1 fully saturated rings. The summed E-state index contributed by atoms with van der Waals surface area (Å²) in [6.07, 6.45) is 3.79. The van der Waals surface area contributed by atoms with Gasteiger partial charge in [-0.3, -0.25) is 0 Å². The molecule has 3 rings (SSSR count). The highest BCUT2D eigenvalue weighted by Crippen LogP contribution is 2.32. The first kappa shape index (κ1) is 11.0. The lowest BCUT2D eigenvalue weighted by molar-refractivity contribution is 0.411. The zero-order chi connectivity index (χ0) is 11.7. The number of ether oxygens (including phenoxy) is 1. The van der Waals surface area contributed by atoms with E-state index in [0.29, 0.717) is 6.04 Å². The first-order chi connectivity index (χ1) is 8.36. The van der Waals surface area contributed by atoms with E-state index in [0.717, 1.165) is 17.8 Å². The summed E-state index contributed by atoms with van der Waals surface area (Å²) >= 11 is 1.79. The molecule has 90 valence electrons. The predicted molar refractivity (Wildman–Crippen MR) is 70.8 cm³/mol. The van der Waals surface area contributed by atoms with Gasteiger partial charge in [0.25, 0.3) is 0 Å². The standard InChI is InChI=1S/C13H16N2OS/c1-16-9-5-6-12-11(8-9)15-13(17-12)10-4-2-3-7-14-10/h5-6,8,10,14H,2-4,7H2,1H3. The predicted octanol–water partition coefficient (Wildman–Crippen LogP) is 3.12. The highest BCUT2D eigenvalue weighted by Gasteiger charge is 2.18. The summed E-state index contributed by atoms with van der Waals surface area (Å²) in [5.74, 6) is 0.881. The quantitative estimate of drug-likeness (QED) is 0.886. The van der Waals surface area contributed by atoms with E-state index >= 15 is 0 Å². The van der Waals surface area contributed by atoms with Gasteiger partial charge >= 0.3 is 0 Å². The van der Waals surface area contributed by atoms with Crippen LogP contribution in [-0.4, -0.2) is 18.6 Å². The summed E-state index contributed by atoms with van der Waals surface area (Å²) in [4.78, 5) is 4.72. The molecule has 1 aliphatic rings. The van der Waals surface area contributed by atoms with Crippen LogP contribution in [0.2, 0.25) is 0 Å². The summed E-state index contributed by atoms with van der Waals surface area (Å²) < 4.78 is 6.47. The smallest absolute Gasteiger partial charge is 0.121 e. The van der Waals surface area contributed by atoms with Gasteiger partial charge in [0.05, 0.1) is 23.4 Å². The van der Waals surface area contributed by atoms with Gasteiger partial charge in [0.2, 0.25) is 0 Å². The van der Waals surface area contributed by atoms with E-state index in [2.05, 4.69) is 11.4 Å². The molecule has 0 amide bonds. The molecule has 2 heterocycles. The van der Waals surface area contributed by atoms with E-state index < -0.39 is 0 Å². The minimum Gasteiger partial charge on any atom is -0.497 e. The highest BCUT2D eigenvalue weighted by atomic mass is 32.1. The third kappa shape index (κ3) is 2.15. The van der Waals surface area contributed by atoms with Crippen LogP contribution in [0.3, 0.4) is 0 Å². The Morgan fingerprint density at radius 1 is 1.41 bits per heavy atom. The van der Waals surface area contributed by atoms with E-state index in [1.807, 2.05) is 12.1 Å². The number of piperidine rings is 1. The number of nitrogens with zero attached hydrogens (tertiary/aromatic N) is 1. The highest BCUT2D eigenvalue weighted by molar-refractivity contribution is 7.18. The van der Waals surface area contributed by atoms with Crippen LogP contribution in [0.1, 0.15) is 30.3 Å². The maximum atomic E-state index is 5.23. The molecular weight excluding hydrogens is 232 g/mol. The number of thiazole rings is 1. The first-order valence-electron chi connectivity index (χ1n) is 6.05. The van der Waals surface area contributed by atoms with E-state index in [4.69, 9.17) is 9.72 Å². The Bertz CT molecular complexity index is 517. The molecule has 0 aliphatic carbocycles. The summed E-state index contributed by atoms with van der Waals surface area (Å²) in [5.41, 5.74) is 1.05. The maximum absolute atomic E-state index is 5.23. The number of benzene rings is 1. The average Bonchev–Trinajstić information content (AvgIpc) is 2.82. The number of aromatic nitrogens is 1. The van der Waals surface area contributed by atoms with Crippen molar-refractivity contribution < 1.29 is 4.74 Å². The Morgan fingerprint density at radius 2 is 2.35 bits per heavy atom.